The Morgan fingerprint density at radius 1 is 1.18 bits per heavy atom. The number of halogens is 3. The molecule has 1 aromatic heterocycles. The SMILES string of the molecule is COc1ccc(-c2nc3c(Br)c(N)c(Br)c(C)c3o2)cc1Br. The first kappa shape index (κ1) is 15.8. The Balaban J connectivity index is 2.23. The van der Waals surface area contributed by atoms with Crippen molar-refractivity contribution in [2.45, 2.75) is 6.92 Å². The number of aryl methyl sites for hydroxylation is 1. The van der Waals surface area contributed by atoms with Gasteiger partial charge in [-0.05, 0) is 72.9 Å². The van der Waals surface area contributed by atoms with Crippen LogP contribution in [-0.2, 0) is 0 Å². The lowest BCUT2D eigenvalue weighted by Crippen LogP contribution is -1.92. The van der Waals surface area contributed by atoms with E-state index in [1.54, 1.807) is 7.11 Å². The third-order valence-electron chi connectivity index (χ3n) is 3.38. The minimum absolute atomic E-state index is 0.527. The van der Waals surface area contributed by atoms with Crippen LogP contribution in [0, 0.1) is 6.92 Å². The molecule has 0 unspecified atom stereocenters. The molecule has 0 amide bonds. The number of fused-ring (bicyclic) bond motifs is 1. The number of anilines is 1. The summed E-state index contributed by atoms with van der Waals surface area (Å²) >= 11 is 10.4. The van der Waals surface area contributed by atoms with E-state index in [0.29, 0.717) is 22.7 Å². The molecule has 3 rings (SSSR count). The second kappa shape index (κ2) is 5.86. The van der Waals surface area contributed by atoms with Gasteiger partial charge in [0.25, 0.3) is 0 Å². The molecule has 0 spiro atoms. The van der Waals surface area contributed by atoms with Crippen LogP contribution in [0.2, 0.25) is 0 Å². The minimum atomic E-state index is 0.527. The number of methoxy groups -OCH3 is 1. The van der Waals surface area contributed by atoms with Gasteiger partial charge < -0.3 is 14.9 Å². The smallest absolute Gasteiger partial charge is 0.227 e. The molecular weight excluding hydrogens is 480 g/mol. The van der Waals surface area contributed by atoms with Gasteiger partial charge in [0.05, 0.1) is 21.7 Å². The Kier molecular flexibility index (Phi) is 4.22. The van der Waals surface area contributed by atoms with Crippen molar-refractivity contribution >= 4 is 64.6 Å². The lowest BCUT2D eigenvalue weighted by Gasteiger charge is -2.05. The number of nitrogen functional groups attached to an aromatic ring is 1. The van der Waals surface area contributed by atoms with Gasteiger partial charge in [-0.3, -0.25) is 0 Å². The molecule has 0 radical (unpaired) electrons. The summed E-state index contributed by atoms with van der Waals surface area (Å²) in [4.78, 5) is 4.57. The Morgan fingerprint density at radius 2 is 1.91 bits per heavy atom. The zero-order valence-electron chi connectivity index (χ0n) is 11.7. The third-order valence-corrected chi connectivity index (χ3v) is 5.82. The maximum absolute atomic E-state index is 6.06. The predicted octanol–water partition coefficient (Wildman–Crippen LogP) is 5.68. The fourth-order valence-electron chi connectivity index (χ4n) is 2.17. The van der Waals surface area contributed by atoms with Crippen LogP contribution in [-0.4, -0.2) is 12.1 Å². The van der Waals surface area contributed by atoms with E-state index in [2.05, 4.69) is 52.8 Å². The van der Waals surface area contributed by atoms with E-state index in [4.69, 9.17) is 14.9 Å². The number of nitrogens with two attached hydrogens (primary N) is 1. The molecule has 4 nitrogen and oxygen atoms in total. The Hall–Kier alpha value is -1.05. The molecule has 0 aliphatic carbocycles. The molecule has 114 valence electrons. The standard InChI is InChI=1S/C15H11Br3N2O2/c1-6-10(17)12(19)11(18)13-14(6)22-15(20-13)7-3-4-9(21-2)8(16)5-7/h3-5H,19H2,1-2H3. The minimum Gasteiger partial charge on any atom is -0.496 e. The molecule has 0 atom stereocenters. The van der Waals surface area contributed by atoms with E-state index >= 15 is 0 Å². The zero-order valence-corrected chi connectivity index (χ0v) is 16.5. The quantitative estimate of drug-likeness (QED) is 0.469. The summed E-state index contributed by atoms with van der Waals surface area (Å²) in [7, 11) is 1.62. The lowest BCUT2D eigenvalue weighted by atomic mass is 10.2. The largest absolute Gasteiger partial charge is 0.496 e. The van der Waals surface area contributed by atoms with E-state index in [0.717, 1.165) is 30.3 Å². The highest BCUT2D eigenvalue weighted by Crippen LogP contribution is 2.41. The summed E-state index contributed by atoms with van der Waals surface area (Å²) in [5, 5.41) is 0. The monoisotopic (exact) mass is 488 g/mol. The molecule has 0 bridgehead atoms. The molecule has 0 aliphatic heterocycles. The van der Waals surface area contributed by atoms with Crippen molar-refractivity contribution in [1.82, 2.24) is 4.98 Å². The number of hydrogen-bond acceptors (Lipinski definition) is 4. The van der Waals surface area contributed by atoms with Crippen molar-refractivity contribution in [2.75, 3.05) is 12.8 Å². The highest BCUT2D eigenvalue weighted by molar-refractivity contribution is 9.11. The Morgan fingerprint density at radius 3 is 2.55 bits per heavy atom. The lowest BCUT2D eigenvalue weighted by molar-refractivity contribution is 0.412. The molecule has 0 saturated carbocycles. The topological polar surface area (TPSA) is 61.3 Å². The highest BCUT2D eigenvalue weighted by Gasteiger charge is 2.19. The van der Waals surface area contributed by atoms with Crippen molar-refractivity contribution in [2.24, 2.45) is 0 Å². The van der Waals surface area contributed by atoms with Crippen molar-refractivity contribution in [3.63, 3.8) is 0 Å². The van der Waals surface area contributed by atoms with Crippen LogP contribution in [0.5, 0.6) is 5.75 Å². The van der Waals surface area contributed by atoms with E-state index in [1.165, 1.54) is 0 Å². The maximum atomic E-state index is 6.06. The van der Waals surface area contributed by atoms with E-state index in [9.17, 15) is 0 Å². The zero-order chi connectivity index (χ0) is 16.0. The van der Waals surface area contributed by atoms with Crippen LogP contribution in [0.4, 0.5) is 5.69 Å². The van der Waals surface area contributed by atoms with Gasteiger partial charge >= 0.3 is 0 Å². The molecule has 2 N–H and O–H groups in total. The van der Waals surface area contributed by atoms with E-state index < -0.39 is 0 Å². The molecule has 7 heteroatoms. The van der Waals surface area contributed by atoms with Gasteiger partial charge in [-0.1, -0.05) is 0 Å². The number of rotatable bonds is 2. The van der Waals surface area contributed by atoms with Crippen molar-refractivity contribution in [3.05, 3.63) is 37.2 Å². The number of ether oxygens (including phenoxy) is 1. The summed E-state index contributed by atoms with van der Waals surface area (Å²) in [6.07, 6.45) is 0. The molecule has 22 heavy (non-hydrogen) atoms. The van der Waals surface area contributed by atoms with Crippen molar-refractivity contribution < 1.29 is 9.15 Å². The average molecular weight is 491 g/mol. The van der Waals surface area contributed by atoms with Crippen LogP contribution in [0.15, 0.2) is 36.0 Å². The fraction of sp³-hybridized carbons (Fsp3) is 0.133. The van der Waals surface area contributed by atoms with Gasteiger partial charge in [0.1, 0.15) is 11.3 Å². The van der Waals surface area contributed by atoms with Gasteiger partial charge in [0, 0.05) is 15.6 Å². The van der Waals surface area contributed by atoms with Gasteiger partial charge in [0.15, 0.2) is 5.58 Å². The van der Waals surface area contributed by atoms with Gasteiger partial charge in [0.2, 0.25) is 5.89 Å². The molecule has 0 aliphatic rings. The summed E-state index contributed by atoms with van der Waals surface area (Å²) < 4.78 is 13.6. The van der Waals surface area contributed by atoms with Crippen LogP contribution in [0.1, 0.15) is 5.56 Å². The third kappa shape index (κ3) is 2.45. The van der Waals surface area contributed by atoms with Crippen LogP contribution in [0.25, 0.3) is 22.6 Å². The first-order valence-electron chi connectivity index (χ1n) is 6.31. The second-order valence-electron chi connectivity index (χ2n) is 4.71. The van der Waals surface area contributed by atoms with Crippen LogP contribution >= 0.6 is 47.8 Å². The van der Waals surface area contributed by atoms with E-state index in [1.807, 2.05) is 25.1 Å². The normalized spacial score (nSPS) is 11.1. The number of hydrogen-bond donors (Lipinski definition) is 1. The van der Waals surface area contributed by atoms with Gasteiger partial charge in [-0.25, -0.2) is 4.98 Å². The summed E-state index contributed by atoms with van der Waals surface area (Å²) in [5.41, 5.74) is 9.85. The number of oxazole rings is 1. The molecule has 3 aromatic rings. The number of aromatic nitrogens is 1. The van der Waals surface area contributed by atoms with Crippen LogP contribution in [0.3, 0.4) is 0 Å². The molecule has 1 heterocycles. The molecule has 0 saturated heterocycles. The summed E-state index contributed by atoms with van der Waals surface area (Å²) in [6, 6.07) is 5.67. The summed E-state index contributed by atoms with van der Waals surface area (Å²) in [5.74, 6) is 1.28. The second-order valence-corrected chi connectivity index (χ2v) is 7.15. The average Bonchev–Trinajstić information content (AvgIpc) is 2.96. The maximum Gasteiger partial charge on any atom is 0.227 e. The molecular formula is C15H11Br3N2O2. The summed E-state index contributed by atoms with van der Waals surface area (Å²) in [6.45, 7) is 1.94. The van der Waals surface area contributed by atoms with E-state index in [-0.39, 0.29) is 0 Å². The Labute approximate surface area is 152 Å². The van der Waals surface area contributed by atoms with Gasteiger partial charge in [-0.15, -0.1) is 0 Å². The van der Waals surface area contributed by atoms with Crippen molar-refractivity contribution in [1.29, 1.82) is 0 Å². The Bertz CT molecular complexity index is 845. The van der Waals surface area contributed by atoms with Gasteiger partial charge in [-0.2, -0.15) is 0 Å². The van der Waals surface area contributed by atoms with Crippen molar-refractivity contribution in [3.8, 4) is 17.2 Å². The fourth-order valence-corrected chi connectivity index (χ4v) is 3.82. The molecule has 0 fully saturated rings. The first-order valence-corrected chi connectivity index (χ1v) is 8.69. The van der Waals surface area contributed by atoms with Crippen LogP contribution < -0.4 is 10.5 Å². The first-order chi connectivity index (χ1) is 10.4. The highest BCUT2D eigenvalue weighted by atomic mass is 79.9. The number of nitrogens with zero attached hydrogens (tertiary/aromatic N) is 1. The number of benzene rings is 2. The molecule has 2 aromatic carbocycles. The predicted molar refractivity (Wildman–Crippen MR) is 98.2 cm³/mol.